The van der Waals surface area contributed by atoms with E-state index < -0.39 is 6.09 Å². The number of nitrogens with zero attached hydrogens (tertiary/aromatic N) is 4. The van der Waals surface area contributed by atoms with Crippen molar-refractivity contribution in [2.24, 2.45) is 0 Å². The number of hydrogen-bond donors (Lipinski definition) is 5. The lowest BCUT2D eigenvalue weighted by atomic mass is 10.0. The summed E-state index contributed by atoms with van der Waals surface area (Å²) in [5.74, 6) is 0.398. The van der Waals surface area contributed by atoms with Crippen molar-refractivity contribution in [3.8, 4) is 11.3 Å². The first-order chi connectivity index (χ1) is 18.0. The molecule has 12 nitrogen and oxygen atoms in total. The van der Waals surface area contributed by atoms with Crippen LogP contribution in [0.2, 0.25) is 0 Å². The molecule has 0 bridgehead atoms. The molecule has 0 saturated heterocycles. The van der Waals surface area contributed by atoms with Crippen molar-refractivity contribution in [1.82, 2.24) is 35.2 Å². The predicted octanol–water partition coefficient (Wildman–Crippen LogP) is 3.16. The zero-order chi connectivity index (χ0) is 26.2. The third-order valence-electron chi connectivity index (χ3n) is 5.55. The smallest absolute Gasteiger partial charge is 0.404 e. The molecule has 0 spiro atoms. The number of aryl methyl sites for hydroxylation is 1. The van der Waals surface area contributed by atoms with Gasteiger partial charge >= 0.3 is 6.09 Å². The molecule has 1 aromatic carbocycles. The summed E-state index contributed by atoms with van der Waals surface area (Å²) in [4.78, 5) is 32.2. The van der Waals surface area contributed by atoms with Crippen molar-refractivity contribution in [2.75, 3.05) is 37.9 Å². The number of fused-ring (bicyclic) bond motifs is 1. The summed E-state index contributed by atoms with van der Waals surface area (Å²) in [5.41, 5.74) is 4.79. The Morgan fingerprint density at radius 1 is 1.19 bits per heavy atom. The Kier molecular flexibility index (Phi) is 8.59. The van der Waals surface area contributed by atoms with E-state index in [2.05, 4.69) is 36.1 Å². The molecule has 194 valence electrons. The highest BCUT2D eigenvalue weighted by molar-refractivity contribution is 7.98. The van der Waals surface area contributed by atoms with E-state index >= 15 is 0 Å². The number of aromatic amines is 1. The highest BCUT2D eigenvalue weighted by Gasteiger charge is 2.16. The molecule has 0 aliphatic rings. The number of carbonyl (C=O) groups excluding carboxylic acids is 1. The molecular weight excluding hydrogens is 496 g/mol. The molecule has 0 atom stereocenters. The number of amides is 2. The molecule has 3 aromatic heterocycles. The second-order valence-electron chi connectivity index (χ2n) is 7.87. The van der Waals surface area contributed by atoms with E-state index in [1.807, 2.05) is 42.1 Å². The average Bonchev–Trinajstić information content (AvgIpc) is 3.55. The molecule has 4 aromatic rings. The van der Waals surface area contributed by atoms with Crippen LogP contribution in [-0.2, 0) is 11.2 Å². The highest BCUT2D eigenvalue weighted by atomic mass is 32.2. The van der Waals surface area contributed by atoms with E-state index in [9.17, 15) is 9.59 Å². The van der Waals surface area contributed by atoms with Crippen molar-refractivity contribution in [3.63, 3.8) is 0 Å². The predicted molar refractivity (Wildman–Crippen MR) is 141 cm³/mol. The van der Waals surface area contributed by atoms with Gasteiger partial charge in [-0.25, -0.2) is 14.8 Å². The van der Waals surface area contributed by atoms with Crippen LogP contribution in [0.3, 0.4) is 0 Å². The van der Waals surface area contributed by atoms with Crippen LogP contribution in [0, 0.1) is 0 Å². The SMILES string of the molecule is CCc1cc(Nc2nccn3c(-c4c[nH]nc4SC)cnc23)ccc1C(=O)NCCOCCNC(=O)O. The zero-order valence-corrected chi connectivity index (χ0v) is 21.3. The first-order valence-electron chi connectivity index (χ1n) is 11.6. The fourth-order valence-corrected chi connectivity index (χ4v) is 4.34. The normalized spacial score (nSPS) is 11.0. The molecule has 0 unspecified atom stereocenters. The molecule has 0 fully saturated rings. The summed E-state index contributed by atoms with van der Waals surface area (Å²) < 4.78 is 7.27. The first kappa shape index (κ1) is 26.0. The van der Waals surface area contributed by atoms with Gasteiger partial charge in [0.05, 0.1) is 30.7 Å². The van der Waals surface area contributed by atoms with Gasteiger partial charge in [0.15, 0.2) is 11.5 Å². The van der Waals surface area contributed by atoms with E-state index in [-0.39, 0.29) is 25.7 Å². The molecule has 13 heteroatoms. The minimum Gasteiger partial charge on any atom is -0.465 e. The summed E-state index contributed by atoms with van der Waals surface area (Å²) in [7, 11) is 0. The quantitative estimate of drug-likeness (QED) is 0.139. The van der Waals surface area contributed by atoms with Crippen molar-refractivity contribution in [1.29, 1.82) is 0 Å². The van der Waals surface area contributed by atoms with Gasteiger partial charge in [0.25, 0.3) is 5.91 Å². The van der Waals surface area contributed by atoms with Crippen LogP contribution in [0.15, 0.2) is 48.0 Å². The minimum atomic E-state index is -1.09. The van der Waals surface area contributed by atoms with Gasteiger partial charge < -0.3 is 25.8 Å². The highest BCUT2D eigenvalue weighted by Crippen LogP contribution is 2.30. The van der Waals surface area contributed by atoms with Crippen molar-refractivity contribution in [3.05, 3.63) is 54.1 Å². The van der Waals surface area contributed by atoms with E-state index in [0.717, 1.165) is 27.5 Å². The van der Waals surface area contributed by atoms with Gasteiger partial charge in [-0.3, -0.25) is 14.3 Å². The third kappa shape index (κ3) is 6.19. The molecular formula is C24H28N8O4S. The lowest BCUT2D eigenvalue weighted by Gasteiger charge is -2.13. The van der Waals surface area contributed by atoms with Crippen LogP contribution >= 0.6 is 11.8 Å². The zero-order valence-electron chi connectivity index (χ0n) is 20.4. The molecule has 2 amide bonds. The van der Waals surface area contributed by atoms with Crippen molar-refractivity contribution in [2.45, 2.75) is 18.4 Å². The average molecular weight is 525 g/mol. The number of carbonyl (C=O) groups is 2. The Labute approximate surface area is 217 Å². The number of thioether (sulfide) groups is 1. The minimum absolute atomic E-state index is 0.196. The number of imidazole rings is 1. The Balaban J connectivity index is 1.43. The molecule has 0 saturated carbocycles. The number of carboxylic acid groups (broad SMARTS) is 1. The van der Waals surface area contributed by atoms with Crippen LogP contribution < -0.4 is 16.0 Å². The van der Waals surface area contributed by atoms with Crippen LogP contribution in [0.25, 0.3) is 16.9 Å². The van der Waals surface area contributed by atoms with E-state index in [1.165, 1.54) is 0 Å². The molecule has 37 heavy (non-hydrogen) atoms. The van der Waals surface area contributed by atoms with Gasteiger partial charge in [0, 0.05) is 42.9 Å². The summed E-state index contributed by atoms with van der Waals surface area (Å²) in [6.45, 7) is 3.03. The fourth-order valence-electron chi connectivity index (χ4n) is 3.81. The van der Waals surface area contributed by atoms with E-state index in [1.54, 1.807) is 30.2 Å². The fraction of sp³-hybridized carbons (Fsp3) is 0.292. The van der Waals surface area contributed by atoms with Crippen LogP contribution in [0.4, 0.5) is 16.3 Å². The molecule has 0 aliphatic heterocycles. The lowest BCUT2D eigenvalue weighted by molar-refractivity contribution is 0.0916. The molecule has 3 heterocycles. The van der Waals surface area contributed by atoms with Gasteiger partial charge in [0.2, 0.25) is 0 Å². The number of H-pyrrole nitrogens is 1. The van der Waals surface area contributed by atoms with Crippen molar-refractivity contribution >= 4 is 40.9 Å². The maximum atomic E-state index is 12.7. The Bertz CT molecular complexity index is 1390. The number of aromatic nitrogens is 5. The topological polar surface area (TPSA) is 159 Å². The standard InChI is InChI=1S/C24H28N8O4S/c1-3-15-12-16(4-5-17(15)22(33)26-7-10-36-11-8-27-24(34)35)30-20-21-28-14-19(32(21)9-6-25-20)18-13-29-31-23(18)37-2/h4-6,9,12-14,27H,3,7-8,10-11H2,1-2H3,(H,25,30)(H,26,33)(H,29,31)(H,34,35). The number of ether oxygens (including phenoxy) is 1. The number of anilines is 2. The number of rotatable bonds is 12. The van der Waals surface area contributed by atoms with Gasteiger partial charge in [-0.05, 0) is 36.4 Å². The number of nitrogens with one attached hydrogen (secondary N) is 4. The molecule has 0 radical (unpaired) electrons. The van der Waals surface area contributed by atoms with Crippen molar-refractivity contribution < 1.29 is 19.4 Å². The summed E-state index contributed by atoms with van der Waals surface area (Å²) in [5, 5.41) is 25.0. The van der Waals surface area contributed by atoms with Gasteiger partial charge in [0.1, 0.15) is 5.03 Å². The summed E-state index contributed by atoms with van der Waals surface area (Å²) in [6, 6.07) is 5.54. The summed E-state index contributed by atoms with van der Waals surface area (Å²) in [6.07, 6.45) is 8.76. The van der Waals surface area contributed by atoms with Gasteiger partial charge in [-0.2, -0.15) is 5.10 Å². The lowest BCUT2D eigenvalue weighted by Crippen LogP contribution is -2.30. The Morgan fingerprint density at radius 3 is 2.76 bits per heavy atom. The molecule has 5 N–H and O–H groups in total. The monoisotopic (exact) mass is 524 g/mol. The second kappa shape index (κ2) is 12.2. The van der Waals surface area contributed by atoms with Crippen LogP contribution in [-0.4, -0.2) is 74.2 Å². The Hall–Kier alpha value is -4.10. The maximum Gasteiger partial charge on any atom is 0.404 e. The van der Waals surface area contributed by atoms with Gasteiger partial charge in [-0.1, -0.05) is 6.92 Å². The van der Waals surface area contributed by atoms with E-state index in [4.69, 9.17) is 9.84 Å². The largest absolute Gasteiger partial charge is 0.465 e. The number of benzene rings is 1. The number of hydrogen-bond acceptors (Lipinski definition) is 8. The summed E-state index contributed by atoms with van der Waals surface area (Å²) >= 11 is 1.56. The van der Waals surface area contributed by atoms with Crippen LogP contribution in [0.5, 0.6) is 0 Å². The van der Waals surface area contributed by atoms with E-state index in [0.29, 0.717) is 30.0 Å². The maximum absolute atomic E-state index is 12.7. The third-order valence-corrected chi connectivity index (χ3v) is 6.25. The van der Waals surface area contributed by atoms with Crippen LogP contribution in [0.1, 0.15) is 22.8 Å². The van der Waals surface area contributed by atoms with Gasteiger partial charge in [-0.15, -0.1) is 11.8 Å². The molecule has 4 rings (SSSR count). The second-order valence-corrected chi connectivity index (χ2v) is 8.67. The Morgan fingerprint density at radius 2 is 2.00 bits per heavy atom. The molecule has 0 aliphatic carbocycles. The first-order valence-corrected chi connectivity index (χ1v) is 12.9.